The van der Waals surface area contributed by atoms with Crippen LogP contribution in [0.5, 0.6) is 11.5 Å². The molecule has 0 aromatic heterocycles. The van der Waals surface area contributed by atoms with Crippen molar-refractivity contribution in [3.8, 4) is 11.5 Å². The molecule has 2 N–H and O–H groups in total. The highest BCUT2D eigenvalue weighted by atomic mass is 16.7. The Bertz CT molecular complexity index is 826. The Morgan fingerprint density at radius 2 is 1.97 bits per heavy atom. The predicted molar refractivity (Wildman–Crippen MR) is 110 cm³/mol. The number of amides is 4. The maximum Gasteiger partial charge on any atom is 0.325 e. The standard InChI is InChI=1S/C21H28N4O6/c26-19(22-6-1-7-24-8-10-29-11-9-24)5-3-16-20(27)25(21(28)23-16)13-15-2-4-17-18(12-15)31-14-30-17/h2,4,12,16H,1,3,5-11,13-14H2,(H,22,26)(H,23,28)/t16-/m0/s1. The highest BCUT2D eigenvalue weighted by Crippen LogP contribution is 2.33. The van der Waals surface area contributed by atoms with Crippen LogP contribution in [0.3, 0.4) is 0 Å². The molecule has 0 saturated carbocycles. The SMILES string of the molecule is O=C(CC[C@@H]1NC(=O)N(Cc2ccc3c(c2)OCO3)C1=O)NCCCN1CCOCC1. The van der Waals surface area contributed by atoms with Crippen molar-refractivity contribution in [2.24, 2.45) is 0 Å². The maximum atomic E-state index is 12.6. The molecule has 0 aliphatic carbocycles. The summed E-state index contributed by atoms with van der Waals surface area (Å²) in [6.45, 7) is 5.22. The van der Waals surface area contributed by atoms with E-state index in [1.165, 1.54) is 4.90 Å². The van der Waals surface area contributed by atoms with Gasteiger partial charge in [0.25, 0.3) is 5.91 Å². The van der Waals surface area contributed by atoms with Crippen LogP contribution in [0.2, 0.25) is 0 Å². The van der Waals surface area contributed by atoms with E-state index in [-0.39, 0.29) is 38.0 Å². The Balaban J connectivity index is 1.17. The highest BCUT2D eigenvalue weighted by Gasteiger charge is 2.38. The first kappa shape index (κ1) is 21.4. The number of hydrogen-bond donors (Lipinski definition) is 2. The summed E-state index contributed by atoms with van der Waals surface area (Å²) in [4.78, 5) is 40.5. The molecule has 0 spiro atoms. The number of urea groups is 1. The molecular weight excluding hydrogens is 404 g/mol. The van der Waals surface area contributed by atoms with E-state index >= 15 is 0 Å². The van der Waals surface area contributed by atoms with Crippen molar-refractivity contribution < 1.29 is 28.6 Å². The second-order valence-corrected chi connectivity index (χ2v) is 7.81. The minimum atomic E-state index is -0.680. The molecule has 168 valence electrons. The second-order valence-electron chi connectivity index (χ2n) is 7.81. The molecular formula is C21H28N4O6. The van der Waals surface area contributed by atoms with Gasteiger partial charge in [0.05, 0.1) is 19.8 Å². The minimum absolute atomic E-state index is 0.113. The van der Waals surface area contributed by atoms with E-state index in [4.69, 9.17) is 14.2 Å². The van der Waals surface area contributed by atoms with Crippen molar-refractivity contribution in [1.29, 1.82) is 0 Å². The fourth-order valence-electron chi connectivity index (χ4n) is 3.86. The van der Waals surface area contributed by atoms with E-state index < -0.39 is 12.1 Å². The largest absolute Gasteiger partial charge is 0.454 e. The van der Waals surface area contributed by atoms with Gasteiger partial charge in [0.15, 0.2) is 11.5 Å². The third-order valence-electron chi connectivity index (χ3n) is 5.62. The number of ether oxygens (including phenoxy) is 3. The first-order valence-electron chi connectivity index (χ1n) is 10.7. The van der Waals surface area contributed by atoms with E-state index in [2.05, 4.69) is 15.5 Å². The van der Waals surface area contributed by atoms with Gasteiger partial charge in [-0.2, -0.15) is 0 Å². The Labute approximate surface area is 180 Å². The molecule has 4 rings (SSSR count). The summed E-state index contributed by atoms with van der Waals surface area (Å²) in [5, 5.41) is 5.56. The molecule has 10 heteroatoms. The van der Waals surface area contributed by atoms with Gasteiger partial charge in [-0.3, -0.25) is 19.4 Å². The molecule has 1 aromatic rings. The third kappa shape index (κ3) is 5.45. The Morgan fingerprint density at radius 3 is 2.81 bits per heavy atom. The van der Waals surface area contributed by atoms with Crippen LogP contribution >= 0.6 is 0 Å². The quantitative estimate of drug-likeness (QED) is 0.431. The van der Waals surface area contributed by atoms with E-state index in [9.17, 15) is 14.4 Å². The van der Waals surface area contributed by atoms with Crippen molar-refractivity contribution in [3.05, 3.63) is 23.8 Å². The van der Waals surface area contributed by atoms with Crippen molar-refractivity contribution in [2.45, 2.75) is 31.8 Å². The molecule has 10 nitrogen and oxygen atoms in total. The molecule has 0 unspecified atom stereocenters. The summed E-state index contributed by atoms with van der Waals surface area (Å²) in [5.41, 5.74) is 0.770. The molecule has 4 amide bonds. The predicted octanol–water partition coefficient (Wildman–Crippen LogP) is 0.454. The van der Waals surface area contributed by atoms with Gasteiger partial charge in [0.2, 0.25) is 12.7 Å². The number of imide groups is 1. The van der Waals surface area contributed by atoms with Gasteiger partial charge in [0, 0.05) is 26.1 Å². The normalized spacial score (nSPS) is 20.8. The highest BCUT2D eigenvalue weighted by molar-refractivity contribution is 6.04. The first-order valence-corrected chi connectivity index (χ1v) is 10.7. The summed E-state index contributed by atoms with van der Waals surface area (Å²) >= 11 is 0. The fraction of sp³-hybridized carbons (Fsp3) is 0.571. The van der Waals surface area contributed by atoms with Crippen molar-refractivity contribution >= 4 is 17.8 Å². The molecule has 1 aromatic carbocycles. The Kier molecular flexibility index (Phi) is 6.88. The van der Waals surface area contributed by atoms with Crippen LogP contribution in [0, 0.1) is 0 Å². The number of carbonyl (C=O) groups is 3. The smallest absolute Gasteiger partial charge is 0.325 e. The molecule has 1 atom stereocenters. The van der Waals surface area contributed by atoms with Crippen LogP contribution in [0.25, 0.3) is 0 Å². The average molecular weight is 432 g/mol. The van der Waals surface area contributed by atoms with Crippen LogP contribution in [-0.2, 0) is 20.9 Å². The van der Waals surface area contributed by atoms with Crippen LogP contribution in [0.1, 0.15) is 24.8 Å². The van der Waals surface area contributed by atoms with Crippen molar-refractivity contribution in [2.75, 3.05) is 46.2 Å². The van der Waals surface area contributed by atoms with Gasteiger partial charge in [-0.05, 0) is 37.1 Å². The van der Waals surface area contributed by atoms with E-state index in [0.717, 1.165) is 44.8 Å². The molecule has 31 heavy (non-hydrogen) atoms. The topological polar surface area (TPSA) is 109 Å². The zero-order valence-corrected chi connectivity index (χ0v) is 17.4. The zero-order valence-electron chi connectivity index (χ0n) is 17.4. The Hall–Kier alpha value is -2.85. The number of nitrogens with one attached hydrogen (secondary N) is 2. The second kappa shape index (κ2) is 9.97. The van der Waals surface area contributed by atoms with Crippen molar-refractivity contribution in [3.63, 3.8) is 0 Å². The number of nitrogens with zero attached hydrogens (tertiary/aromatic N) is 2. The lowest BCUT2D eigenvalue weighted by molar-refractivity contribution is -0.128. The molecule has 3 heterocycles. The molecule has 2 fully saturated rings. The van der Waals surface area contributed by atoms with Gasteiger partial charge >= 0.3 is 6.03 Å². The summed E-state index contributed by atoms with van der Waals surface area (Å²) in [6.07, 6.45) is 1.33. The zero-order chi connectivity index (χ0) is 21.6. The van der Waals surface area contributed by atoms with Gasteiger partial charge in [-0.25, -0.2) is 4.79 Å². The van der Waals surface area contributed by atoms with Gasteiger partial charge in [-0.1, -0.05) is 6.07 Å². The van der Waals surface area contributed by atoms with Gasteiger partial charge in [0.1, 0.15) is 6.04 Å². The third-order valence-corrected chi connectivity index (χ3v) is 5.62. The number of morpholine rings is 1. The molecule has 3 aliphatic rings. The first-order chi connectivity index (χ1) is 15.1. The van der Waals surface area contributed by atoms with Gasteiger partial charge in [-0.15, -0.1) is 0 Å². The van der Waals surface area contributed by atoms with Crippen LogP contribution in [-0.4, -0.2) is 79.9 Å². The average Bonchev–Trinajstić information content (AvgIpc) is 3.35. The fourth-order valence-corrected chi connectivity index (χ4v) is 3.86. The molecule has 0 bridgehead atoms. The summed E-state index contributed by atoms with van der Waals surface area (Å²) in [7, 11) is 0. The molecule has 3 aliphatic heterocycles. The summed E-state index contributed by atoms with van der Waals surface area (Å²) in [6, 6.07) is 4.20. The van der Waals surface area contributed by atoms with Gasteiger partial charge < -0.3 is 24.8 Å². The van der Waals surface area contributed by atoms with Crippen LogP contribution < -0.4 is 20.1 Å². The lowest BCUT2D eigenvalue weighted by Gasteiger charge is -2.26. The van der Waals surface area contributed by atoms with E-state index in [1.807, 2.05) is 0 Å². The minimum Gasteiger partial charge on any atom is -0.454 e. The molecule has 2 saturated heterocycles. The number of benzene rings is 1. The summed E-state index contributed by atoms with van der Waals surface area (Å²) < 4.78 is 15.9. The molecule has 0 radical (unpaired) electrons. The lowest BCUT2D eigenvalue weighted by Crippen LogP contribution is -2.38. The monoisotopic (exact) mass is 432 g/mol. The van der Waals surface area contributed by atoms with E-state index in [1.54, 1.807) is 18.2 Å². The summed E-state index contributed by atoms with van der Waals surface area (Å²) in [5.74, 6) is 0.821. The number of rotatable bonds is 9. The van der Waals surface area contributed by atoms with E-state index in [0.29, 0.717) is 18.0 Å². The lowest BCUT2D eigenvalue weighted by atomic mass is 10.1. The maximum absolute atomic E-state index is 12.6. The van der Waals surface area contributed by atoms with Crippen LogP contribution in [0.4, 0.5) is 4.79 Å². The number of carbonyl (C=O) groups excluding carboxylic acids is 3. The number of fused-ring (bicyclic) bond motifs is 1. The van der Waals surface area contributed by atoms with Crippen LogP contribution in [0.15, 0.2) is 18.2 Å². The number of hydrogen-bond acceptors (Lipinski definition) is 7. The Morgan fingerprint density at radius 1 is 1.16 bits per heavy atom. The van der Waals surface area contributed by atoms with Crippen molar-refractivity contribution in [1.82, 2.24) is 20.4 Å².